The molecule has 0 saturated heterocycles. The fourth-order valence-electron chi connectivity index (χ4n) is 2.10. The maximum absolute atomic E-state index is 10.5. The van der Waals surface area contributed by atoms with Crippen LogP contribution in [0.1, 0.15) is 33.9 Å². The van der Waals surface area contributed by atoms with Gasteiger partial charge in [-0.15, -0.1) is 0 Å². The van der Waals surface area contributed by atoms with E-state index < -0.39 is 6.10 Å². The molecule has 0 heterocycles. The second-order valence-corrected chi connectivity index (χ2v) is 4.88. The standard InChI is InChI=1S/C16H19NO/c1-10-4-5-11(2)14(8-10)16(18)13-6-7-15(17)12(3)9-13/h4-9,16,18H,17H2,1-3H3. The number of anilines is 1. The van der Waals surface area contributed by atoms with E-state index in [2.05, 4.69) is 6.07 Å². The number of nitrogen functional groups attached to an aromatic ring is 1. The molecule has 0 aliphatic heterocycles. The Morgan fingerprint density at radius 1 is 0.944 bits per heavy atom. The predicted molar refractivity (Wildman–Crippen MR) is 75.6 cm³/mol. The SMILES string of the molecule is Cc1ccc(C)c(C(O)c2ccc(N)c(C)c2)c1. The van der Waals surface area contributed by atoms with Crippen LogP contribution in [0.3, 0.4) is 0 Å². The van der Waals surface area contributed by atoms with Crippen molar-refractivity contribution in [3.05, 3.63) is 64.2 Å². The molecule has 1 unspecified atom stereocenters. The molecule has 94 valence electrons. The van der Waals surface area contributed by atoms with E-state index in [-0.39, 0.29) is 0 Å². The van der Waals surface area contributed by atoms with E-state index in [1.54, 1.807) is 0 Å². The number of rotatable bonds is 2. The summed E-state index contributed by atoms with van der Waals surface area (Å²) in [5, 5.41) is 10.5. The number of aliphatic hydroxyl groups is 1. The summed E-state index contributed by atoms with van der Waals surface area (Å²) in [6, 6.07) is 11.8. The summed E-state index contributed by atoms with van der Waals surface area (Å²) < 4.78 is 0. The summed E-state index contributed by atoms with van der Waals surface area (Å²) in [6.45, 7) is 6.00. The maximum atomic E-state index is 10.5. The van der Waals surface area contributed by atoms with Crippen LogP contribution in [-0.2, 0) is 0 Å². The number of hydrogen-bond acceptors (Lipinski definition) is 2. The Bertz CT molecular complexity index is 575. The zero-order valence-corrected chi connectivity index (χ0v) is 11.1. The van der Waals surface area contributed by atoms with Crippen LogP contribution in [0.15, 0.2) is 36.4 Å². The van der Waals surface area contributed by atoms with E-state index in [1.807, 2.05) is 51.1 Å². The fourth-order valence-corrected chi connectivity index (χ4v) is 2.10. The van der Waals surface area contributed by atoms with Gasteiger partial charge in [0.2, 0.25) is 0 Å². The Balaban J connectivity index is 2.44. The molecular formula is C16H19NO. The highest BCUT2D eigenvalue weighted by molar-refractivity contribution is 5.49. The minimum Gasteiger partial charge on any atom is -0.399 e. The van der Waals surface area contributed by atoms with Crippen molar-refractivity contribution in [1.29, 1.82) is 0 Å². The highest BCUT2D eigenvalue weighted by Crippen LogP contribution is 2.27. The molecule has 2 nitrogen and oxygen atoms in total. The van der Waals surface area contributed by atoms with Gasteiger partial charge in [0.05, 0.1) is 0 Å². The quantitative estimate of drug-likeness (QED) is 0.793. The minimum absolute atomic E-state index is 0.593. The van der Waals surface area contributed by atoms with Crippen molar-refractivity contribution in [3.8, 4) is 0 Å². The molecule has 0 bridgehead atoms. The normalized spacial score (nSPS) is 12.4. The summed E-state index contributed by atoms with van der Waals surface area (Å²) >= 11 is 0. The van der Waals surface area contributed by atoms with Gasteiger partial charge in [-0.25, -0.2) is 0 Å². The Morgan fingerprint density at radius 2 is 1.67 bits per heavy atom. The molecule has 0 amide bonds. The van der Waals surface area contributed by atoms with Gasteiger partial charge in [-0.05, 0) is 49.1 Å². The average Bonchev–Trinajstić information content (AvgIpc) is 2.35. The summed E-state index contributed by atoms with van der Waals surface area (Å²) in [7, 11) is 0. The first-order chi connectivity index (χ1) is 8.49. The number of hydrogen-bond donors (Lipinski definition) is 2. The van der Waals surface area contributed by atoms with Gasteiger partial charge in [0.1, 0.15) is 6.10 Å². The molecular weight excluding hydrogens is 222 g/mol. The van der Waals surface area contributed by atoms with Gasteiger partial charge in [0, 0.05) is 5.69 Å². The van der Waals surface area contributed by atoms with Crippen molar-refractivity contribution >= 4 is 5.69 Å². The van der Waals surface area contributed by atoms with Gasteiger partial charge in [0.15, 0.2) is 0 Å². The molecule has 18 heavy (non-hydrogen) atoms. The van der Waals surface area contributed by atoms with Crippen LogP contribution in [0.4, 0.5) is 5.69 Å². The Morgan fingerprint density at radius 3 is 2.33 bits per heavy atom. The Kier molecular flexibility index (Phi) is 3.39. The van der Waals surface area contributed by atoms with Crippen molar-refractivity contribution < 1.29 is 5.11 Å². The minimum atomic E-state index is -0.593. The van der Waals surface area contributed by atoms with Crippen molar-refractivity contribution in [3.63, 3.8) is 0 Å². The molecule has 2 heteroatoms. The van der Waals surface area contributed by atoms with Crippen molar-refractivity contribution in [2.45, 2.75) is 26.9 Å². The topological polar surface area (TPSA) is 46.2 Å². The van der Waals surface area contributed by atoms with E-state index in [0.717, 1.165) is 33.5 Å². The summed E-state index contributed by atoms with van der Waals surface area (Å²) in [4.78, 5) is 0. The summed E-state index contributed by atoms with van der Waals surface area (Å²) in [6.07, 6.45) is -0.593. The first-order valence-electron chi connectivity index (χ1n) is 6.10. The van der Waals surface area contributed by atoms with E-state index in [0.29, 0.717) is 0 Å². The van der Waals surface area contributed by atoms with E-state index >= 15 is 0 Å². The molecule has 0 saturated carbocycles. The first-order valence-corrected chi connectivity index (χ1v) is 6.10. The van der Waals surface area contributed by atoms with Crippen molar-refractivity contribution in [1.82, 2.24) is 0 Å². The third-order valence-corrected chi connectivity index (χ3v) is 3.34. The van der Waals surface area contributed by atoms with Crippen molar-refractivity contribution in [2.24, 2.45) is 0 Å². The molecule has 2 rings (SSSR count). The lowest BCUT2D eigenvalue weighted by Gasteiger charge is -2.16. The molecule has 0 aliphatic carbocycles. The number of nitrogens with two attached hydrogens (primary N) is 1. The maximum Gasteiger partial charge on any atom is 0.104 e. The van der Waals surface area contributed by atoms with Crippen LogP contribution in [0, 0.1) is 20.8 Å². The third-order valence-electron chi connectivity index (χ3n) is 3.34. The fraction of sp³-hybridized carbons (Fsp3) is 0.250. The van der Waals surface area contributed by atoms with Gasteiger partial charge in [-0.3, -0.25) is 0 Å². The molecule has 0 radical (unpaired) electrons. The lowest BCUT2D eigenvalue weighted by Crippen LogP contribution is -2.03. The van der Waals surface area contributed by atoms with Crippen LogP contribution in [0.5, 0.6) is 0 Å². The number of benzene rings is 2. The number of aryl methyl sites for hydroxylation is 3. The van der Waals surface area contributed by atoms with Crippen LogP contribution in [-0.4, -0.2) is 5.11 Å². The highest BCUT2D eigenvalue weighted by atomic mass is 16.3. The van der Waals surface area contributed by atoms with E-state index in [4.69, 9.17) is 5.73 Å². The van der Waals surface area contributed by atoms with E-state index in [1.165, 1.54) is 0 Å². The lowest BCUT2D eigenvalue weighted by molar-refractivity contribution is 0.219. The average molecular weight is 241 g/mol. The van der Waals surface area contributed by atoms with E-state index in [9.17, 15) is 5.11 Å². The molecule has 0 aromatic heterocycles. The van der Waals surface area contributed by atoms with Crippen LogP contribution >= 0.6 is 0 Å². The van der Waals surface area contributed by atoms with Gasteiger partial charge in [0.25, 0.3) is 0 Å². The Hall–Kier alpha value is -1.80. The van der Waals surface area contributed by atoms with Crippen LogP contribution in [0.2, 0.25) is 0 Å². The van der Waals surface area contributed by atoms with Gasteiger partial charge in [-0.1, -0.05) is 35.9 Å². The monoisotopic (exact) mass is 241 g/mol. The molecule has 2 aromatic rings. The molecule has 0 fully saturated rings. The molecule has 1 atom stereocenters. The van der Waals surface area contributed by atoms with Crippen molar-refractivity contribution in [2.75, 3.05) is 5.73 Å². The molecule has 3 N–H and O–H groups in total. The summed E-state index contributed by atoms with van der Waals surface area (Å²) in [5.74, 6) is 0. The summed E-state index contributed by atoms with van der Waals surface area (Å²) in [5.41, 5.74) is 11.6. The largest absolute Gasteiger partial charge is 0.399 e. The molecule has 0 aliphatic rings. The third kappa shape index (κ3) is 2.39. The van der Waals surface area contributed by atoms with Gasteiger partial charge >= 0.3 is 0 Å². The second kappa shape index (κ2) is 4.83. The molecule has 0 spiro atoms. The lowest BCUT2D eigenvalue weighted by atomic mass is 9.95. The van der Waals surface area contributed by atoms with Crippen LogP contribution < -0.4 is 5.73 Å². The molecule has 2 aromatic carbocycles. The van der Waals surface area contributed by atoms with Crippen LogP contribution in [0.25, 0.3) is 0 Å². The smallest absolute Gasteiger partial charge is 0.104 e. The Labute approximate surface area is 108 Å². The first kappa shape index (κ1) is 12.7. The zero-order valence-electron chi connectivity index (χ0n) is 11.1. The second-order valence-electron chi connectivity index (χ2n) is 4.88. The number of aliphatic hydroxyl groups excluding tert-OH is 1. The predicted octanol–water partition coefficient (Wildman–Crippen LogP) is 3.28. The zero-order chi connectivity index (χ0) is 13.3. The van der Waals surface area contributed by atoms with Gasteiger partial charge < -0.3 is 10.8 Å². The van der Waals surface area contributed by atoms with Gasteiger partial charge in [-0.2, -0.15) is 0 Å². The highest BCUT2D eigenvalue weighted by Gasteiger charge is 2.13.